The molecule has 0 unspecified atom stereocenters. The Balaban J connectivity index is 1.68. The molecule has 0 fully saturated rings. The van der Waals surface area contributed by atoms with Gasteiger partial charge >= 0.3 is 6.03 Å². The molecule has 0 spiro atoms. The van der Waals surface area contributed by atoms with Crippen LogP contribution in [0.2, 0.25) is 0 Å². The molecule has 9 nitrogen and oxygen atoms in total. The highest BCUT2D eigenvalue weighted by Gasteiger charge is 2.33. The lowest BCUT2D eigenvalue weighted by atomic mass is 10.1. The predicted molar refractivity (Wildman–Crippen MR) is 131 cm³/mol. The minimum atomic E-state index is -1.01. The number of rotatable bonds is 8. The average Bonchev–Trinajstić information content (AvgIpc) is 3.28. The van der Waals surface area contributed by atoms with Crippen LogP contribution in [0.3, 0.4) is 0 Å². The standard InChI is InChI=1S/C25H25F2N5O4/c1-14-12-31(23-20(26)18(35-4)10-19(36-5)21(23)27)25(33)30-22(14)17-11-29-32(24(17)28-2)13-15-6-8-16(34-3)9-7-15/h6-11H,2,12-13H2,1,3-5H3,(H,30,33). The zero-order chi connectivity index (χ0) is 26.0. The second-order valence-corrected chi connectivity index (χ2v) is 7.97. The van der Waals surface area contributed by atoms with E-state index >= 15 is 8.78 Å². The van der Waals surface area contributed by atoms with Gasteiger partial charge in [-0.3, -0.25) is 4.90 Å². The van der Waals surface area contributed by atoms with E-state index in [1.54, 1.807) is 24.9 Å². The van der Waals surface area contributed by atoms with E-state index in [4.69, 9.17) is 14.2 Å². The number of hydrogen-bond donors (Lipinski definition) is 1. The number of aliphatic imine (C=N–C) groups is 1. The number of nitrogens with zero attached hydrogens (tertiary/aromatic N) is 4. The van der Waals surface area contributed by atoms with Gasteiger partial charge in [-0.25, -0.2) is 23.2 Å². The Morgan fingerprint density at radius 1 is 1.08 bits per heavy atom. The lowest BCUT2D eigenvalue weighted by Crippen LogP contribution is -2.45. The Hall–Kier alpha value is -4.41. The van der Waals surface area contributed by atoms with Crippen LogP contribution < -0.4 is 24.4 Å². The van der Waals surface area contributed by atoms with Crippen molar-refractivity contribution < 1.29 is 27.8 Å². The molecule has 2 heterocycles. The minimum Gasteiger partial charge on any atom is -0.497 e. The molecule has 0 saturated carbocycles. The van der Waals surface area contributed by atoms with Crippen LogP contribution in [0.25, 0.3) is 5.70 Å². The number of carbonyl (C=O) groups is 1. The molecule has 188 valence electrons. The summed E-state index contributed by atoms with van der Waals surface area (Å²) in [6, 6.07) is 7.85. The van der Waals surface area contributed by atoms with E-state index in [1.165, 1.54) is 14.2 Å². The van der Waals surface area contributed by atoms with Crippen LogP contribution >= 0.6 is 0 Å². The van der Waals surface area contributed by atoms with Crippen LogP contribution in [0.4, 0.5) is 25.1 Å². The maximum absolute atomic E-state index is 15.0. The highest BCUT2D eigenvalue weighted by molar-refractivity contribution is 6.02. The lowest BCUT2D eigenvalue weighted by Gasteiger charge is -2.31. The summed E-state index contributed by atoms with van der Waals surface area (Å²) in [5.41, 5.74) is 1.99. The third kappa shape index (κ3) is 4.35. The summed E-state index contributed by atoms with van der Waals surface area (Å²) in [7, 11) is 4.08. The quantitative estimate of drug-likeness (QED) is 0.462. The molecule has 0 radical (unpaired) electrons. The number of methoxy groups -OCH3 is 3. The van der Waals surface area contributed by atoms with Crippen LogP contribution in [0.5, 0.6) is 17.2 Å². The third-order valence-electron chi connectivity index (χ3n) is 5.84. The summed E-state index contributed by atoms with van der Waals surface area (Å²) in [5.74, 6) is -1.35. The Morgan fingerprint density at radius 3 is 2.28 bits per heavy atom. The molecule has 1 aromatic heterocycles. The van der Waals surface area contributed by atoms with Gasteiger partial charge in [0.15, 0.2) is 29.0 Å². The normalized spacial score (nSPS) is 13.5. The highest BCUT2D eigenvalue weighted by Crippen LogP contribution is 2.39. The number of halogens is 2. The summed E-state index contributed by atoms with van der Waals surface area (Å²) >= 11 is 0. The fourth-order valence-corrected chi connectivity index (χ4v) is 4.00. The number of urea groups is 1. The molecule has 3 aromatic rings. The summed E-state index contributed by atoms with van der Waals surface area (Å²) in [5, 5.41) is 7.13. The molecule has 0 bridgehead atoms. The van der Waals surface area contributed by atoms with E-state index in [-0.39, 0.29) is 18.0 Å². The molecule has 36 heavy (non-hydrogen) atoms. The molecule has 1 aliphatic rings. The van der Waals surface area contributed by atoms with E-state index in [0.29, 0.717) is 29.2 Å². The van der Waals surface area contributed by atoms with Gasteiger partial charge in [-0.05, 0) is 36.9 Å². The van der Waals surface area contributed by atoms with Gasteiger partial charge in [-0.15, -0.1) is 0 Å². The zero-order valence-corrected chi connectivity index (χ0v) is 20.3. The zero-order valence-electron chi connectivity index (χ0n) is 20.3. The van der Waals surface area contributed by atoms with Crippen molar-refractivity contribution in [2.75, 3.05) is 32.8 Å². The second kappa shape index (κ2) is 10.1. The fourth-order valence-electron chi connectivity index (χ4n) is 4.00. The number of benzene rings is 2. The van der Waals surface area contributed by atoms with E-state index < -0.39 is 23.4 Å². The first-order valence-electron chi connectivity index (χ1n) is 10.9. The van der Waals surface area contributed by atoms with Crippen LogP contribution in [0.15, 0.2) is 47.1 Å². The molecule has 0 saturated heterocycles. The highest BCUT2D eigenvalue weighted by atomic mass is 19.1. The van der Waals surface area contributed by atoms with Crippen molar-refractivity contribution in [3.05, 3.63) is 64.9 Å². The fraction of sp³-hybridized carbons (Fsp3) is 0.240. The van der Waals surface area contributed by atoms with Crippen LogP contribution in [-0.4, -0.2) is 50.4 Å². The molecular formula is C25H25F2N5O4. The number of ether oxygens (including phenoxy) is 3. The smallest absolute Gasteiger partial charge is 0.326 e. The van der Waals surface area contributed by atoms with E-state index in [2.05, 4.69) is 22.1 Å². The van der Waals surface area contributed by atoms with Gasteiger partial charge < -0.3 is 19.5 Å². The lowest BCUT2D eigenvalue weighted by molar-refractivity contribution is 0.249. The molecule has 0 atom stereocenters. The van der Waals surface area contributed by atoms with Crippen LogP contribution in [0.1, 0.15) is 18.1 Å². The monoisotopic (exact) mass is 497 g/mol. The number of carbonyl (C=O) groups excluding carboxylic acids is 1. The van der Waals surface area contributed by atoms with Crippen molar-refractivity contribution in [2.24, 2.45) is 4.99 Å². The summed E-state index contributed by atoms with van der Waals surface area (Å²) in [6.45, 7) is 5.71. The molecule has 1 N–H and O–H groups in total. The molecule has 0 aliphatic carbocycles. The number of hydrogen-bond acceptors (Lipinski definition) is 6. The first-order valence-corrected chi connectivity index (χ1v) is 10.9. The SMILES string of the molecule is C=Nc1c(C2=C(C)CN(c3c(F)c(OC)cc(OC)c3F)C(=O)N2)cnn1Cc1ccc(OC)cc1. The number of nitrogens with one attached hydrogen (secondary N) is 1. The third-order valence-corrected chi connectivity index (χ3v) is 5.84. The molecule has 1 aliphatic heterocycles. The Labute approximate surface area is 206 Å². The number of anilines is 1. The van der Waals surface area contributed by atoms with Crippen molar-refractivity contribution in [1.29, 1.82) is 0 Å². The first-order chi connectivity index (χ1) is 17.3. The number of amides is 2. The topological polar surface area (TPSA) is 90.2 Å². The molecule has 11 heteroatoms. The van der Waals surface area contributed by atoms with Crippen molar-refractivity contribution in [3.8, 4) is 17.2 Å². The summed E-state index contributed by atoms with van der Waals surface area (Å²) < 4.78 is 46.9. The summed E-state index contributed by atoms with van der Waals surface area (Å²) in [4.78, 5) is 18.1. The molecule has 4 rings (SSSR count). The Morgan fingerprint density at radius 2 is 1.72 bits per heavy atom. The minimum absolute atomic E-state index is 0.0917. The molecular weight excluding hydrogens is 472 g/mol. The largest absolute Gasteiger partial charge is 0.497 e. The van der Waals surface area contributed by atoms with Gasteiger partial charge in [0, 0.05) is 6.07 Å². The van der Waals surface area contributed by atoms with Gasteiger partial charge in [0.25, 0.3) is 0 Å². The maximum Gasteiger partial charge on any atom is 0.326 e. The maximum atomic E-state index is 15.0. The Kier molecular flexibility index (Phi) is 6.91. The summed E-state index contributed by atoms with van der Waals surface area (Å²) in [6.07, 6.45) is 1.57. The molecule has 2 amide bonds. The van der Waals surface area contributed by atoms with E-state index in [0.717, 1.165) is 22.3 Å². The van der Waals surface area contributed by atoms with Crippen LogP contribution in [-0.2, 0) is 6.54 Å². The van der Waals surface area contributed by atoms with Crippen molar-refractivity contribution in [2.45, 2.75) is 13.5 Å². The van der Waals surface area contributed by atoms with Crippen molar-refractivity contribution in [3.63, 3.8) is 0 Å². The number of aromatic nitrogens is 2. The first kappa shape index (κ1) is 24.7. The van der Waals surface area contributed by atoms with Gasteiger partial charge in [0.2, 0.25) is 0 Å². The second-order valence-electron chi connectivity index (χ2n) is 7.97. The van der Waals surface area contributed by atoms with E-state index in [9.17, 15) is 4.79 Å². The van der Waals surface area contributed by atoms with Crippen molar-refractivity contribution in [1.82, 2.24) is 15.1 Å². The van der Waals surface area contributed by atoms with Crippen molar-refractivity contribution >= 4 is 30.0 Å². The van der Waals surface area contributed by atoms with Gasteiger partial charge in [0.1, 0.15) is 11.4 Å². The van der Waals surface area contributed by atoms with E-state index in [1.807, 2.05) is 24.3 Å². The van der Waals surface area contributed by atoms with Gasteiger partial charge in [-0.2, -0.15) is 5.10 Å². The predicted octanol–water partition coefficient (Wildman–Crippen LogP) is 4.53. The average molecular weight is 498 g/mol. The van der Waals surface area contributed by atoms with Gasteiger partial charge in [0.05, 0.1) is 51.9 Å². The van der Waals surface area contributed by atoms with Gasteiger partial charge in [-0.1, -0.05) is 12.1 Å². The Bertz CT molecular complexity index is 1320. The van der Waals surface area contributed by atoms with Crippen LogP contribution in [0, 0.1) is 11.6 Å². The molecule has 2 aromatic carbocycles.